The Labute approximate surface area is 194 Å². The zero-order chi connectivity index (χ0) is 22.6. The summed E-state index contributed by atoms with van der Waals surface area (Å²) >= 11 is 0. The van der Waals surface area contributed by atoms with Crippen LogP contribution in [0.5, 0.6) is 11.5 Å². The average molecular weight is 445 g/mol. The lowest BCUT2D eigenvalue weighted by Crippen LogP contribution is -2.40. The monoisotopic (exact) mass is 444 g/mol. The maximum Gasteiger partial charge on any atom is 0.130 e. The van der Waals surface area contributed by atoms with Crippen molar-refractivity contribution in [1.82, 2.24) is 14.9 Å². The highest BCUT2D eigenvalue weighted by Gasteiger charge is 2.24. The minimum Gasteiger partial charge on any atom is -0.497 e. The van der Waals surface area contributed by atoms with Gasteiger partial charge in [0.05, 0.1) is 31.3 Å². The molecule has 4 heterocycles. The molecule has 0 radical (unpaired) electrons. The Morgan fingerprint density at radius 2 is 2.12 bits per heavy atom. The van der Waals surface area contributed by atoms with Gasteiger partial charge < -0.3 is 19.5 Å². The summed E-state index contributed by atoms with van der Waals surface area (Å²) in [5, 5.41) is 3.30. The predicted molar refractivity (Wildman–Crippen MR) is 128 cm³/mol. The van der Waals surface area contributed by atoms with E-state index in [9.17, 15) is 0 Å². The minimum absolute atomic E-state index is 0.0533. The Morgan fingerprint density at radius 1 is 1.18 bits per heavy atom. The van der Waals surface area contributed by atoms with E-state index in [4.69, 9.17) is 14.2 Å². The topological polar surface area (TPSA) is 68.7 Å². The first-order valence-electron chi connectivity index (χ1n) is 11.2. The molecule has 7 nitrogen and oxygen atoms in total. The number of ether oxygens (including phenoxy) is 3. The third kappa shape index (κ3) is 5.16. The smallest absolute Gasteiger partial charge is 0.130 e. The van der Waals surface area contributed by atoms with Crippen LogP contribution in [0.3, 0.4) is 0 Å². The number of nitrogens with one attached hydrogen (secondary N) is 1. The average Bonchev–Trinajstić information content (AvgIpc) is 2.84. The van der Waals surface area contributed by atoms with E-state index in [-0.39, 0.29) is 6.10 Å². The van der Waals surface area contributed by atoms with E-state index < -0.39 is 0 Å². The molecular formula is C26H28N4O3. The van der Waals surface area contributed by atoms with Gasteiger partial charge in [-0.3, -0.25) is 9.88 Å². The fourth-order valence-corrected chi connectivity index (χ4v) is 4.16. The van der Waals surface area contributed by atoms with Gasteiger partial charge in [0, 0.05) is 30.9 Å². The van der Waals surface area contributed by atoms with Crippen molar-refractivity contribution in [3.63, 3.8) is 0 Å². The number of anilines is 2. The lowest BCUT2D eigenvalue weighted by atomic mass is 10.1. The summed E-state index contributed by atoms with van der Waals surface area (Å²) in [6.45, 7) is 5.78. The summed E-state index contributed by atoms with van der Waals surface area (Å²) in [7, 11) is 1.68. The van der Waals surface area contributed by atoms with Crippen molar-refractivity contribution >= 4 is 17.6 Å². The first-order chi connectivity index (χ1) is 16.2. The van der Waals surface area contributed by atoms with E-state index in [2.05, 4.69) is 26.3 Å². The SMILES string of the molecule is COc1ccc2c(c1)C=C(CN1CCOC(c3ccc(Nc4cccc(C)n4)cn3)C1)CO2. The van der Waals surface area contributed by atoms with Crippen LogP contribution >= 0.6 is 0 Å². The van der Waals surface area contributed by atoms with E-state index >= 15 is 0 Å². The van der Waals surface area contributed by atoms with Gasteiger partial charge in [-0.15, -0.1) is 0 Å². The molecule has 2 aliphatic rings. The highest BCUT2D eigenvalue weighted by molar-refractivity contribution is 5.64. The number of benzene rings is 1. The van der Waals surface area contributed by atoms with Crippen LogP contribution in [0.1, 0.15) is 23.1 Å². The molecule has 0 aliphatic carbocycles. The molecule has 0 amide bonds. The molecule has 0 bridgehead atoms. The number of pyridine rings is 2. The fraction of sp³-hybridized carbons (Fsp3) is 0.308. The molecule has 1 unspecified atom stereocenters. The maximum absolute atomic E-state index is 6.04. The summed E-state index contributed by atoms with van der Waals surface area (Å²) in [4.78, 5) is 11.5. The van der Waals surface area contributed by atoms with Crippen LogP contribution in [-0.2, 0) is 4.74 Å². The van der Waals surface area contributed by atoms with Gasteiger partial charge in [-0.2, -0.15) is 0 Å². The molecule has 1 N–H and O–H groups in total. The second-order valence-electron chi connectivity index (χ2n) is 8.35. The van der Waals surface area contributed by atoms with Crippen LogP contribution in [0.25, 0.3) is 6.08 Å². The molecule has 2 aliphatic heterocycles. The second-order valence-corrected chi connectivity index (χ2v) is 8.35. The van der Waals surface area contributed by atoms with Crippen molar-refractivity contribution < 1.29 is 14.2 Å². The molecule has 3 aromatic rings. The zero-order valence-corrected chi connectivity index (χ0v) is 19.0. The largest absolute Gasteiger partial charge is 0.497 e. The number of aromatic nitrogens is 2. The van der Waals surface area contributed by atoms with Crippen molar-refractivity contribution in [1.29, 1.82) is 0 Å². The third-order valence-corrected chi connectivity index (χ3v) is 5.84. The molecule has 170 valence electrons. The molecule has 1 atom stereocenters. The number of rotatable bonds is 6. The Morgan fingerprint density at radius 3 is 2.94 bits per heavy atom. The summed E-state index contributed by atoms with van der Waals surface area (Å²) in [5.74, 6) is 2.55. The summed E-state index contributed by atoms with van der Waals surface area (Å²) in [6.07, 6.45) is 4.00. The van der Waals surface area contributed by atoms with Crippen LogP contribution < -0.4 is 14.8 Å². The van der Waals surface area contributed by atoms with Crippen molar-refractivity contribution in [2.24, 2.45) is 0 Å². The van der Waals surface area contributed by atoms with Crippen LogP contribution in [0.4, 0.5) is 11.5 Å². The summed E-state index contributed by atoms with van der Waals surface area (Å²) in [5.41, 5.74) is 5.12. The molecule has 5 rings (SSSR count). The Kier molecular flexibility index (Phi) is 6.24. The first kappa shape index (κ1) is 21.4. The Bertz CT molecular complexity index is 1150. The number of nitrogens with zero attached hydrogens (tertiary/aromatic N) is 3. The van der Waals surface area contributed by atoms with Gasteiger partial charge in [0.15, 0.2) is 0 Å². The number of hydrogen-bond acceptors (Lipinski definition) is 7. The van der Waals surface area contributed by atoms with Crippen LogP contribution in [-0.4, -0.2) is 54.8 Å². The lowest BCUT2D eigenvalue weighted by Gasteiger charge is -2.33. The van der Waals surface area contributed by atoms with Crippen LogP contribution in [0.15, 0.2) is 60.3 Å². The number of hydrogen-bond donors (Lipinski definition) is 1. The Hall–Kier alpha value is -3.42. The first-order valence-corrected chi connectivity index (χ1v) is 11.2. The number of morpholine rings is 1. The molecule has 1 saturated heterocycles. The van der Waals surface area contributed by atoms with Gasteiger partial charge in [0.1, 0.15) is 30.0 Å². The Balaban J connectivity index is 1.22. The van der Waals surface area contributed by atoms with Gasteiger partial charge in [-0.05, 0) is 61.0 Å². The van der Waals surface area contributed by atoms with Crippen molar-refractivity contribution in [2.45, 2.75) is 13.0 Å². The highest BCUT2D eigenvalue weighted by atomic mass is 16.5. The molecule has 0 spiro atoms. The van der Waals surface area contributed by atoms with E-state index in [1.54, 1.807) is 7.11 Å². The fourth-order valence-electron chi connectivity index (χ4n) is 4.16. The van der Waals surface area contributed by atoms with E-state index in [1.807, 2.05) is 61.7 Å². The van der Waals surface area contributed by atoms with Crippen molar-refractivity contribution in [3.05, 3.63) is 77.3 Å². The van der Waals surface area contributed by atoms with E-state index in [0.29, 0.717) is 13.2 Å². The summed E-state index contributed by atoms with van der Waals surface area (Å²) < 4.78 is 17.3. The molecule has 7 heteroatoms. The maximum atomic E-state index is 6.04. The van der Waals surface area contributed by atoms with E-state index in [1.165, 1.54) is 5.57 Å². The number of methoxy groups -OCH3 is 1. The van der Waals surface area contributed by atoms with E-state index in [0.717, 1.165) is 59.6 Å². The molecule has 33 heavy (non-hydrogen) atoms. The molecule has 1 aromatic carbocycles. The standard InChI is InChI=1S/C26H28N4O3/c1-18-4-3-5-26(28-18)29-21-6-8-23(27-14-21)25-16-30(10-11-32-25)15-19-12-20-13-22(31-2)7-9-24(20)33-17-19/h3-9,12-14,25H,10-11,15-17H2,1-2H3,(H,28,29). The second kappa shape index (κ2) is 9.60. The number of fused-ring (bicyclic) bond motifs is 1. The molecule has 1 fully saturated rings. The lowest BCUT2D eigenvalue weighted by molar-refractivity contribution is -0.0294. The molecule has 0 saturated carbocycles. The molecular weight excluding hydrogens is 416 g/mol. The minimum atomic E-state index is -0.0533. The van der Waals surface area contributed by atoms with Gasteiger partial charge in [-0.25, -0.2) is 4.98 Å². The van der Waals surface area contributed by atoms with Gasteiger partial charge in [0.2, 0.25) is 0 Å². The predicted octanol–water partition coefficient (Wildman–Crippen LogP) is 4.39. The number of aryl methyl sites for hydroxylation is 1. The summed E-state index contributed by atoms with van der Waals surface area (Å²) in [6, 6.07) is 15.9. The van der Waals surface area contributed by atoms with Crippen LogP contribution in [0, 0.1) is 6.92 Å². The van der Waals surface area contributed by atoms with Crippen LogP contribution in [0.2, 0.25) is 0 Å². The van der Waals surface area contributed by atoms with Gasteiger partial charge in [0.25, 0.3) is 0 Å². The quantitative estimate of drug-likeness (QED) is 0.605. The van der Waals surface area contributed by atoms with Crippen molar-refractivity contribution in [3.8, 4) is 11.5 Å². The molecule has 2 aromatic heterocycles. The highest BCUT2D eigenvalue weighted by Crippen LogP contribution is 2.31. The van der Waals surface area contributed by atoms with Gasteiger partial charge in [-0.1, -0.05) is 6.07 Å². The van der Waals surface area contributed by atoms with Gasteiger partial charge >= 0.3 is 0 Å². The van der Waals surface area contributed by atoms with Crippen molar-refractivity contribution in [2.75, 3.05) is 45.3 Å². The zero-order valence-electron chi connectivity index (χ0n) is 19.0. The third-order valence-electron chi connectivity index (χ3n) is 5.84. The normalized spacial score (nSPS) is 18.1.